The zero-order chi connectivity index (χ0) is 24.8. The molecule has 0 heterocycles. The second-order valence-electron chi connectivity index (χ2n) is 7.17. The molecule has 2 rings (SSSR count). The molecular formula is C23H29N3O7. The maximum absolute atomic E-state index is 12.3. The van der Waals surface area contributed by atoms with Gasteiger partial charge in [0.05, 0.1) is 13.2 Å². The quantitative estimate of drug-likeness (QED) is 0.359. The van der Waals surface area contributed by atoms with E-state index < -0.39 is 11.9 Å². The number of benzene rings is 2. The Morgan fingerprint density at radius 2 is 1.36 bits per heavy atom. The number of amides is 2. The van der Waals surface area contributed by atoms with Gasteiger partial charge in [0.2, 0.25) is 5.91 Å². The second kappa shape index (κ2) is 14.2. The summed E-state index contributed by atoms with van der Waals surface area (Å²) in [6.07, 6.45) is 0. The summed E-state index contributed by atoms with van der Waals surface area (Å²) in [4.78, 5) is 42.4. The number of ether oxygens (including phenoxy) is 1. The van der Waals surface area contributed by atoms with Gasteiger partial charge in [0.1, 0.15) is 5.75 Å². The van der Waals surface area contributed by atoms with Gasteiger partial charge in [-0.05, 0) is 67.9 Å². The minimum absolute atomic E-state index is 0.109. The maximum atomic E-state index is 12.3. The molecule has 10 nitrogen and oxygen atoms in total. The number of hydrogen-bond acceptors (Lipinski definition) is 6. The second-order valence-corrected chi connectivity index (χ2v) is 7.17. The van der Waals surface area contributed by atoms with Gasteiger partial charge in [-0.3, -0.25) is 9.59 Å². The van der Waals surface area contributed by atoms with E-state index >= 15 is 0 Å². The van der Waals surface area contributed by atoms with Crippen LogP contribution in [0.25, 0.3) is 0 Å². The third-order valence-electron chi connectivity index (χ3n) is 3.88. The van der Waals surface area contributed by atoms with Gasteiger partial charge in [0.25, 0.3) is 5.91 Å². The van der Waals surface area contributed by atoms with E-state index in [4.69, 9.17) is 24.5 Å². The molecule has 0 radical (unpaired) electrons. The van der Waals surface area contributed by atoms with E-state index in [1.165, 1.54) is 0 Å². The minimum atomic E-state index is -1.82. The molecule has 0 aliphatic rings. The first-order valence-corrected chi connectivity index (χ1v) is 10.2. The van der Waals surface area contributed by atoms with Gasteiger partial charge in [-0.1, -0.05) is 13.8 Å². The lowest BCUT2D eigenvalue weighted by molar-refractivity contribution is -0.159. The lowest BCUT2D eigenvalue weighted by Crippen LogP contribution is -2.30. The highest BCUT2D eigenvalue weighted by Crippen LogP contribution is 2.17. The highest BCUT2D eigenvalue weighted by atomic mass is 16.5. The van der Waals surface area contributed by atoms with Crippen molar-refractivity contribution in [2.75, 3.05) is 30.3 Å². The van der Waals surface area contributed by atoms with Gasteiger partial charge in [-0.25, -0.2) is 9.59 Å². The molecule has 0 unspecified atom stereocenters. The number of hydrogen-bond donors (Lipinski definition) is 5. The summed E-state index contributed by atoms with van der Waals surface area (Å²) in [6, 6.07) is 14.0. The Balaban J connectivity index is 0.000000801. The van der Waals surface area contributed by atoms with E-state index in [-0.39, 0.29) is 18.4 Å². The highest BCUT2D eigenvalue weighted by molar-refractivity contribution is 6.27. The summed E-state index contributed by atoms with van der Waals surface area (Å²) in [7, 11) is 0. The molecule has 0 aromatic heterocycles. The fourth-order valence-electron chi connectivity index (χ4n) is 2.39. The maximum Gasteiger partial charge on any atom is 0.414 e. The number of rotatable bonds is 9. The number of carbonyl (C=O) groups excluding carboxylic acids is 2. The van der Waals surface area contributed by atoms with Gasteiger partial charge in [-0.15, -0.1) is 0 Å². The molecule has 5 N–H and O–H groups in total. The SMILES string of the molecule is CCOc1ccc(NC(=O)c2ccc(NC(=O)CNCC(C)C)cc2)cc1.O=C(O)C(=O)O. The standard InChI is InChI=1S/C21H27N3O3.C2H2O4/c1-4-27-19-11-9-18(10-12-19)24-21(26)16-5-7-17(8-6-16)23-20(25)14-22-13-15(2)3;3-1(4)2(5)6/h5-12,15,22H,4,13-14H2,1-3H3,(H,23,25)(H,24,26);(H,3,4)(H,5,6). The molecule has 0 atom stereocenters. The molecule has 2 aromatic rings. The van der Waals surface area contributed by atoms with Gasteiger partial charge < -0.3 is 30.9 Å². The Hall–Kier alpha value is -3.92. The van der Waals surface area contributed by atoms with Crippen molar-refractivity contribution in [3.8, 4) is 5.75 Å². The average Bonchev–Trinajstić information content (AvgIpc) is 2.76. The van der Waals surface area contributed by atoms with E-state index in [0.717, 1.165) is 12.3 Å². The van der Waals surface area contributed by atoms with Crippen LogP contribution in [0.15, 0.2) is 48.5 Å². The number of carbonyl (C=O) groups is 4. The first-order valence-electron chi connectivity index (χ1n) is 10.2. The number of anilines is 2. The van der Waals surface area contributed by atoms with E-state index in [1.54, 1.807) is 36.4 Å². The normalized spacial score (nSPS) is 9.94. The molecule has 0 saturated heterocycles. The van der Waals surface area contributed by atoms with Crippen LogP contribution >= 0.6 is 0 Å². The fourth-order valence-corrected chi connectivity index (χ4v) is 2.39. The van der Waals surface area contributed by atoms with Gasteiger partial charge in [-0.2, -0.15) is 0 Å². The molecule has 2 amide bonds. The van der Waals surface area contributed by atoms with E-state index in [9.17, 15) is 9.59 Å². The molecule has 178 valence electrons. The van der Waals surface area contributed by atoms with Crippen molar-refractivity contribution in [2.45, 2.75) is 20.8 Å². The molecule has 0 spiro atoms. The zero-order valence-electron chi connectivity index (χ0n) is 18.8. The van der Waals surface area contributed by atoms with Crippen molar-refractivity contribution >= 4 is 35.1 Å². The summed E-state index contributed by atoms with van der Waals surface area (Å²) in [5.41, 5.74) is 1.86. The molecule has 0 aliphatic heterocycles. The van der Waals surface area contributed by atoms with E-state index in [2.05, 4.69) is 29.8 Å². The third-order valence-corrected chi connectivity index (χ3v) is 3.88. The monoisotopic (exact) mass is 459 g/mol. The molecule has 10 heteroatoms. The molecular weight excluding hydrogens is 430 g/mol. The predicted molar refractivity (Wildman–Crippen MR) is 124 cm³/mol. The van der Waals surface area contributed by atoms with Crippen LogP contribution in [0.3, 0.4) is 0 Å². The molecule has 0 fully saturated rings. The Bertz CT molecular complexity index is 914. The Morgan fingerprint density at radius 3 is 1.85 bits per heavy atom. The van der Waals surface area contributed by atoms with Crippen LogP contribution in [0.4, 0.5) is 11.4 Å². The molecule has 0 aliphatic carbocycles. The Labute approximate surface area is 192 Å². The smallest absolute Gasteiger partial charge is 0.414 e. The Kier molecular flexibility index (Phi) is 11.7. The van der Waals surface area contributed by atoms with Crippen molar-refractivity contribution in [1.82, 2.24) is 5.32 Å². The number of nitrogens with one attached hydrogen (secondary N) is 3. The van der Waals surface area contributed by atoms with Crippen LogP contribution in [0, 0.1) is 5.92 Å². The molecule has 33 heavy (non-hydrogen) atoms. The summed E-state index contributed by atoms with van der Waals surface area (Å²) in [6.45, 7) is 7.74. The van der Waals surface area contributed by atoms with Crippen molar-refractivity contribution in [3.63, 3.8) is 0 Å². The first-order chi connectivity index (χ1) is 15.6. The summed E-state index contributed by atoms with van der Waals surface area (Å²) >= 11 is 0. The van der Waals surface area contributed by atoms with Crippen molar-refractivity contribution in [2.24, 2.45) is 5.92 Å². The number of carboxylic acid groups (broad SMARTS) is 2. The third kappa shape index (κ3) is 11.3. The topological polar surface area (TPSA) is 154 Å². The summed E-state index contributed by atoms with van der Waals surface area (Å²) in [5, 5.41) is 23.5. The number of carboxylic acids is 2. The summed E-state index contributed by atoms with van der Waals surface area (Å²) < 4.78 is 5.38. The van der Waals surface area contributed by atoms with Gasteiger partial charge in [0, 0.05) is 16.9 Å². The molecule has 2 aromatic carbocycles. The Morgan fingerprint density at radius 1 is 0.848 bits per heavy atom. The van der Waals surface area contributed by atoms with Gasteiger partial charge in [0.15, 0.2) is 0 Å². The van der Waals surface area contributed by atoms with Crippen LogP contribution in [0.5, 0.6) is 5.75 Å². The lowest BCUT2D eigenvalue weighted by atomic mass is 10.2. The van der Waals surface area contributed by atoms with Crippen LogP contribution in [-0.4, -0.2) is 53.7 Å². The minimum Gasteiger partial charge on any atom is -0.494 e. The fraction of sp³-hybridized carbons (Fsp3) is 0.304. The van der Waals surface area contributed by atoms with Crippen LogP contribution < -0.4 is 20.7 Å². The largest absolute Gasteiger partial charge is 0.494 e. The average molecular weight is 459 g/mol. The van der Waals surface area contributed by atoms with E-state index in [0.29, 0.717) is 29.5 Å². The molecule has 0 saturated carbocycles. The van der Waals surface area contributed by atoms with Crippen LogP contribution in [-0.2, 0) is 14.4 Å². The highest BCUT2D eigenvalue weighted by Gasteiger charge is 2.08. The van der Waals surface area contributed by atoms with Crippen molar-refractivity contribution < 1.29 is 34.1 Å². The molecule has 0 bridgehead atoms. The zero-order valence-corrected chi connectivity index (χ0v) is 18.8. The number of aliphatic carboxylic acids is 2. The lowest BCUT2D eigenvalue weighted by Gasteiger charge is -2.10. The van der Waals surface area contributed by atoms with Gasteiger partial charge >= 0.3 is 11.9 Å². The van der Waals surface area contributed by atoms with Crippen molar-refractivity contribution in [3.05, 3.63) is 54.1 Å². The van der Waals surface area contributed by atoms with E-state index in [1.807, 2.05) is 19.1 Å². The first kappa shape index (κ1) is 27.1. The van der Waals surface area contributed by atoms with Crippen LogP contribution in [0.2, 0.25) is 0 Å². The predicted octanol–water partition coefficient (Wildman–Crippen LogP) is 2.68. The van der Waals surface area contributed by atoms with Crippen LogP contribution in [0.1, 0.15) is 31.1 Å². The van der Waals surface area contributed by atoms with Crippen molar-refractivity contribution in [1.29, 1.82) is 0 Å². The summed E-state index contributed by atoms with van der Waals surface area (Å²) in [5.74, 6) is -2.72.